The molecular formula is C18H23Cl2N3O4S. The van der Waals surface area contributed by atoms with E-state index >= 15 is 0 Å². The minimum atomic E-state index is -3.60. The summed E-state index contributed by atoms with van der Waals surface area (Å²) in [7, 11) is -3.60. The molecule has 2 aliphatic heterocycles. The van der Waals surface area contributed by atoms with Crippen molar-refractivity contribution >= 4 is 45.5 Å². The zero-order chi connectivity index (χ0) is 20.3. The molecule has 0 aliphatic carbocycles. The average Bonchev–Trinajstić information content (AvgIpc) is 2.70. The molecule has 1 atom stereocenters. The summed E-state index contributed by atoms with van der Waals surface area (Å²) in [5, 5.41) is 0.762. The number of hydrogen-bond acceptors (Lipinski definition) is 4. The third-order valence-corrected chi connectivity index (χ3v) is 7.64. The summed E-state index contributed by atoms with van der Waals surface area (Å²) < 4.78 is 27.2. The van der Waals surface area contributed by atoms with Gasteiger partial charge in [0, 0.05) is 49.3 Å². The molecule has 0 unspecified atom stereocenters. The normalized spacial score (nSPS) is 21.6. The predicted molar refractivity (Wildman–Crippen MR) is 108 cm³/mol. The quantitative estimate of drug-likeness (QED) is 0.645. The number of piperidine rings is 1. The van der Waals surface area contributed by atoms with Gasteiger partial charge in [-0.2, -0.15) is 0 Å². The van der Waals surface area contributed by atoms with Gasteiger partial charge in [0.05, 0.1) is 11.7 Å². The van der Waals surface area contributed by atoms with Crippen molar-refractivity contribution in [2.45, 2.75) is 18.6 Å². The lowest BCUT2D eigenvalue weighted by Crippen LogP contribution is -2.52. The highest BCUT2D eigenvalue weighted by Crippen LogP contribution is 2.27. The molecule has 1 aromatic rings. The Kier molecular flexibility index (Phi) is 6.85. The minimum absolute atomic E-state index is 0.0324. The highest BCUT2D eigenvalue weighted by molar-refractivity contribution is 7.88. The number of halogens is 2. The molecule has 10 heteroatoms. The van der Waals surface area contributed by atoms with Gasteiger partial charge in [-0.25, -0.2) is 12.7 Å². The molecule has 1 aromatic carbocycles. The number of hydrogen-bond donors (Lipinski definition) is 0. The molecule has 2 amide bonds. The fourth-order valence-corrected chi connectivity index (χ4v) is 5.83. The predicted octanol–water partition coefficient (Wildman–Crippen LogP) is 1.84. The summed E-state index contributed by atoms with van der Waals surface area (Å²) in [6.07, 6.45) is 2.09. The standard InChI is InChI=1S/C18H23Cl2N3O4S/c19-16-4-3-15(17(20)10-16)12-28(26,27)23-5-1-2-14(11-23)18(25)22-8-6-21(13-24)7-9-22/h3-4,10,13-14H,1-2,5-9,11-12H2/t14-/m0/s1. The molecule has 28 heavy (non-hydrogen) atoms. The van der Waals surface area contributed by atoms with Crippen LogP contribution in [0.25, 0.3) is 0 Å². The summed E-state index contributed by atoms with van der Waals surface area (Å²) in [6, 6.07) is 4.75. The third kappa shape index (κ3) is 4.97. The largest absolute Gasteiger partial charge is 0.342 e. The van der Waals surface area contributed by atoms with E-state index < -0.39 is 10.0 Å². The number of carbonyl (C=O) groups is 2. The van der Waals surface area contributed by atoms with Crippen molar-refractivity contribution in [1.82, 2.24) is 14.1 Å². The van der Waals surface area contributed by atoms with E-state index in [1.54, 1.807) is 21.9 Å². The van der Waals surface area contributed by atoms with E-state index in [-0.39, 0.29) is 24.1 Å². The van der Waals surface area contributed by atoms with Crippen LogP contribution >= 0.6 is 23.2 Å². The Morgan fingerprint density at radius 1 is 1.14 bits per heavy atom. The van der Waals surface area contributed by atoms with Crippen LogP contribution in [0, 0.1) is 5.92 Å². The lowest BCUT2D eigenvalue weighted by Gasteiger charge is -2.37. The molecule has 0 radical (unpaired) electrons. The van der Waals surface area contributed by atoms with Crippen LogP contribution in [-0.4, -0.2) is 74.1 Å². The van der Waals surface area contributed by atoms with Crippen LogP contribution < -0.4 is 0 Å². The molecule has 2 heterocycles. The molecule has 0 aromatic heterocycles. The molecule has 2 fully saturated rings. The van der Waals surface area contributed by atoms with Gasteiger partial charge in [-0.15, -0.1) is 0 Å². The lowest BCUT2D eigenvalue weighted by molar-refractivity contribution is -0.140. The van der Waals surface area contributed by atoms with Crippen LogP contribution in [-0.2, 0) is 25.4 Å². The second-order valence-corrected chi connectivity index (χ2v) is 9.97. The first kappa shape index (κ1) is 21.4. The first-order valence-corrected chi connectivity index (χ1v) is 11.6. The van der Waals surface area contributed by atoms with E-state index in [9.17, 15) is 18.0 Å². The number of benzene rings is 1. The molecule has 7 nitrogen and oxygen atoms in total. The monoisotopic (exact) mass is 447 g/mol. The topological polar surface area (TPSA) is 78.0 Å². The summed E-state index contributed by atoms with van der Waals surface area (Å²) >= 11 is 12.0. The zero-order valence-corrected chi connectivity index (χ0v) is 17.7. The first-order chi connectivity index (χ1) is 13.3. The van der Waals surface area contributed by atoms with Gasteiger partial charge in [-0.05, 0) is 30.5 Å². The smallest absolute Gasteiger partial charge is 0.227 e. The van der Waals surface area contributed by atoms with E-state index in [0.717, 1.165) is 6.41 Å². The number of carbonyl (C=O) groups excluding carboxylic acids is 2. The van der Waals surface area contributed by atoms with E-state index in [0.29, 0.717) is 61.2 Å². The van der Waals surface area contributed by atoms with Crippen LogP contribution in [0.3, 0.4) is 0 Å². The Balaban J connectivity index is 1.65. The van der Waals surface area contributed by atoms with Crippen molar-refractivity contribution in [1.29, 1.82) is 0 Å². The van der Waals surface area contributed by atoms with E-state index in [4.69, 9.17) is 23.2 Å². The molecule has 2 aliphatic rings. The molecule has 3 rings (SSSR count). The number of sulfonamides is 1. The van der Waals surface area contributed by atoms with Crippen molar-refractivity contribution in [2.24, 2.45) is 5.92 Å². The van der Waals surface area contributed by atoms with E-state index in [1.165, 1.54) is 10.4 Å². The van der Waals surface area contributed by atoms with Gasteiger partial charge in [0.1, 0.15) is 0 Å². The van der Waals surface area contributed by atoms with Crippen molar-refractivity contribution < 1.29 is 18.0 Å². The van der Waals surface area contributed by atoms with Crippen molar-refractivity contribution in [3.63, 3.8) is 0 Å². The van der Waals surface area contributed by atoms with Gasteiger partial charge in [-0.3, -0.25) is 9.59 Å². The number of amides is 2. The maximum absolute atomic E-state index is 12.9. The van der Waals surface area contributed by atoms with Crippen LogP contribution in [0.5, 0.6) is 0 Å². The summed E-state index contributed by atoms with van der Waals surface area (Å²) in [4.78, 5) is 27.0. The number of rotatable bonds is 5. The summed E-state index contributed by atoms with van der Waals surface area (Å²) in [5.41, 5.74) is 0.490. The number of nitrogens with zero attached hydrogens (tertiary/aromatic N) is 3. The van der Waals surface area contributed by atoms with Gasteiger partial charge in [0.15, 0.2) is 0 Å². The Labute approximate surface area is 175 Å². The molecule has 0 spiro atoms. The molecular weight excluding hydrogens is 425 g/mol. The lowest BCUT2D eigenvalue weighted by atomic mass is 9.98. The summed E-state index contributed by atoms with van der Waals surface area (Å²) in [6.45, 7) is 2.58. The van der Waals surface area contributed by atoms with Crippen LogP contribution in [0.4, 0.5) is 0 Å². The fourth-order valence-electron chi connectivity index (χ4n) is 3.63. The van der Waals surface area contributed by atoms with Crippen LogP contribution in [0.1, 0.15) is 18.4 Å². The highest BCUT2D eigenvalue weighted by atomic mass is 35.5. The second-order valence-electron chi connectivity index (χ2n) is 7.16. The van der Waals surface area contributed by atoms with E-state index in [2.05, 4.69) is 0 Å². The van der Waals surface area contributed by atoms with Crippen molar-refractivity contribution in [3.8, 4) is 0 Å². The zero-order valence-electron chi connectivity index (χ0n) is 15.4. The number of piperazine rings is 1. The minimum Gasteiger partial charge on any atom is -0.342 e. The van der Waals surface area contributed by atoms with Gasteiger partial charge in [0.2, 0.25) is 22.3 Å². The van der Waals surface area contributed by atoms with Gasteiger partial charge in [-0.1, -0.05) is 29.3 Å². The Morgan fingerprint density at radius 3 is 2.50 bits per heavy atom. The maximum Gasteiger partial charge on any atom is 0.227 e. The molecule has 0 N–H and O–H groups in total. The van der Waals surface area contributed by atoms with Crippen LogP contribution in [0.15, 0.2) is 18.2 Å². The molecule has 0 saturated carbocycles. The molecule has 0 bridgehead atoms. The Bertz CT molecular complexity index is 841. The van der Waals surface area contributed by atoms with Crippen LogP contribution in [0.2, 0.25) is 10.0 Å². The molecule has 154 valence electrons. The van der Waals surface area contributed by atoms with E-state index in [1.807, 2.05) is 0 Å². The first-order valence-electron chi connectivity index (χ1n) is 9.20. The summed E-state index contributed by atoms with van der Waals surface area (Å²) in [5.74, 6) is -0.607. The van der Waals surface area contributed by atoms with Gasteiger partial charge in [0.25, 0.3) is 0 Å². The molecule has 2 saturated heterocycles. The van der Waals surface area contributed by atoms with Gasteiger partial charge < -0.3 is 9.80 Å². The van der Waals surface area contributed by atoms with Gasteiger partial charge >= 0.3 is 0 Å². The highest BCUT2D eigenvalue weighted by Gasteiger charge is 2.35. The Morgan fingerprint density at radius 2 is 1.86 bits per heavy atom. The Hall–Kier alpha value is -1.35. The van der Waals surface area contributed by atoms with Crippen molar-refractivity contribution in [3.05, 3.63) is 33.8 Å². The fraction of sp³-hybridized carbons (Fsp3) is 0.556. The second kappa shape index (κ2) is 8.98. The maximum atomic E-state index is 12.9. The SMILES string of the molecule is O=CN1CCN(C(=O)[C@H]2CCCN(S(=O)(=O)Cc3ccc(Cl)cc3Cl)C2)CC1. The third-order valence-electron chi connectivity index (χ3n) is 5.25. The van der Waals surface area contributed by atoms with Crippen molar-refractivity contribution in [2.75, 3.05) is 39.3 Å². The average molecular weight is 448 g/mol.